The van der Waals surface area contributed by atoms with E-state index in [2.05, 4.69) is 36.4 Å². The van der Waals surface area contributed by atoms with Gasteiger partial charge in [-0.3, -0.25) is 0 Å². The average molecular weight is 503 g/mol. The van der Waals surface area contributed by atoms with Crippen LogP contribution >= 0.6 is 0 Å². The second-order valence-corrected chi connectivity index (χ2v) is 9.06. The smallest absolute Gasteiger partial charge is 0.123 e. The van der Waals surface area contributed by atoms with Gasteiger partial charge in [0.05, 0.1) is 6.61 Å². The Morgan fingerprint density at radius 3 is 1.63 bits per heavy atom. The van der Waals surface area contributed by atoms with Gasteiger partial charge in [-0.2, -0.15) is 0 Å². The van der Waals surface area contributed by atoms with Gasteiger partial charge in [-0.1, -0.05) is 91.0 Å². The molecule has 5 aromatic rings. The maximum atomic E-state index is 13.9. The first kappa shape index (κ1) is 25.2. The van der Waals surface area contributed by atoms with Crippen LogP contribution < -0.4 is 4.74 Å². The van der Waals surface area contributed by atoms with Crippen molar-refractivity contribution in [1.29, 1.82) is 0 Å². The molecule has 0 heterocycles. The topological polar surface area (TPSA) is 9.23 Å². The van der Waals surface area contributed by atoms with E-state index < -0.39 is 0 Å². The summed E-state index contributed by atoms with van der Waals surface area (Å²) < 4.78 is 33.3. The number of halogens is 2. The van der Waals surface area contributed by atoms with Crippen LogP contribution in [0, 0.1) is 11.6 Å². The molecule has 0 saturated carbocycles. The van der Waals surface area contributed by atoms with Gasteiger partial charge in [-0.05, 0) is 94.3 Å². The molecule has 0 fully saturated rings. The predicted octanol–water partition coefficient (Wildman–Crippen LogP) is 9.23. The SMILES string of the molecule is CCOc1ccc(/C(=C(\Cc2ccc(F)cc2)c2ccc(-c3ccccc3)cc2)c2ccc(F)cc2)cc1. The summed E-state index contributed by atoms with van der Waals surface area (Å²) in [5.74, 6) is 0.242. The Hall–Kier alpha value is -4.50. The van der Waals surface area contributed by atoms with Crippen LogP contribution in [0.4, 0.5) is 8.78 Å². The van der Waals surface area contributed by atoms with Crippen LogP contribution in [0.25, 0.3) is 22.3 Å². The van der Waals surface area contributed by atoms with Gasteiger partial charge in [0.25, 0.3) is 0 Å². The standard InChI is InChI=1S/C35H28F2O/c1-2-38-33-22-16-30(17-23-33)35(29-14-20-32(37)21-15-29)34(24-25-8-18-31(36)19-9-25)28-12-10-27(11-13-28)26-6-4-3-5-7-26/h3-23H,2,24H2,1H3/b35-34+. The van der Waals surface area contributed by atoms with Crippen molar-refractivity contribution in [2.75, 3.05) is 6.61 Å². The van der Waals surface area contributed by atoms with Crippen molar-refractivity contribution >= 4 is 11.1 Å². The highest BCUT2D eigenvalue weighted by Gasteiger charge is 2.16. The number of hydrogen-bond donors (Lipinski definition) is 0. The van der Waals surface area contributed by atoms with E-state index in [1.54, 1.807) is 0 Å². The molecule has 0 aliphatic heterocycles. The first-order valence-electron chi connectivity index (χ1n) is 12.7. The molecule has 0 bridgehead atoms. The van der Waals surface area contributed by atoms with Crippen molar-refractivity contribution in [2.45, 2.75) is 13.3 Å². The molecule has 0 aliphatic rings. The fourth-order valence-corrected chi connectivity index (χ4v) is 4.65. The van der Waals surface area contributed by atoms with Crippen molar-refractivity contribution in [3.63, 3.8) is 0 Å². The van der Waals surface area contributed by atoms with Crippen molar-refractivity contribution in [2.24, 2.45) is 0 Å². The van der Waals surface area contributed by atoms with E-state index in [4.69, 9.17) is 4.74 Å². The summed E-state index contributed by atoms with van der Waals surface area (Å²) >= 11 is 0. The van der Waals surface area contributed by atoms with Crippen LogP contribution in [-0.2, 0) is 6.42 Å². The third-order valence-electron chi connectivity index (χ3n) is 6.52. The lowest BCUT2D eigenvalue weighted by atomic mass is 9.86. The van der Waals surface area contributed by atoms with Crippen molar-refractivity contribution in [3.8, 4) is 16.9 Å². The van der Waals surface area contributed by atoms with Gasteiger partial charge in [0.15, 0.2) is 0 Å². The molecular formula is C35H28F2O. The molecule has 38 heavy (non-hydrogen) atoms. The second-order valence-electron chi connectivity index (χ2n) is 9.06. The number of ether oxygens (including phenoxy) is 1. The minimum absolute atomic E-state index is 0.267. The number of benzene rings is 5. The molecule has 0 unspecified atom stereocenters. The van der Waals surface area contributed by atoms with Gasteiger partial charge in [0.2, 0.25) is 0 Å². The lowest BCUT2D eigenvalue weighted by Crippen LogP contribution is -2.00. The van der Waals surface area contributed by atoms with E-state index in [1.165, 1.54) is 24.3 Å². The molecule has 5 rings (SSSR count). The summed E-state index contributed by atoms with van der Waals surface area (Å²) in [6.07, 6.45) is 0.574. The van der Waals surface area contributed by atoms with E-state index in [-0.39, 0.29) is 11.6 Å². The molecule has 0 spiro atoms. The Labute approximate surface area is 222 Å². The molecule has 3 heteroatoms. The van der Waals surface area contributed by atoms with E-state index >= 15 is 0 Å². The zero-order chi connectivity index (χ0) is 26.3. The quantitative estimate of drug-likeness (QED) is 0.192. The molecule has 0 aliphatic carbocycles. The van der Waals surface area contributed by atoms with Gasteiger partial charge in [0, 0.05) is 0 Å². The summed E-state index contributed by atoms with van der Waals surface area (Å²) in [6.45, 7) is 2.54. The Kier molecular flexibility index (Phi) is 7.75. The molecule has 188 valence electrons. The lowest BCUT2D eigenvalue weighted by molar-refractivity contribution is 0.340. The molecule has 0 amide bonds. The van der Waals surface area contributed by atoms with Crippen LogP contribution in [0.2, 0.25) is 0 Å². The zero-order valence-corrected chi connectivity index (χ0v) is 21.2. The molecule has 5 aromatic carbocycles. The van der Waals surface area contributed by atoms with Crippen LogP contribution in [0.15, 0.2) is 127 Å². The first-order valence-corrected chi connectivity index (χ1v) is 12.7. The Morgan fingerprint density at radius 1 is 0.553 bits per heavy atom. The van der Waals surface area contributed by atoms with E-state index in [9.17, 15) is 8.78 Å². The second kappa shape index (κ2) is 11.7. The number of hydrogen-bond acceptors (Lipinski definition) is 1. The molecule has 0 N–H and O–H groups in total. The normalized spacial score (nSPS) is 11.7. The largest absolute Gasteiger partial charge is 0.494 e. The molecule has 0 aromatic heterocycles. The summed E-state index contributed by atoms with van der Waals surface area (Å²) in [4.78, 5) is 0. The zero-order valence-electron chi connectivity index (χ0n) is 21.2. The number of rotatable bonds is 8. The van der Waals surface area contributed by atoms with Gasteiger partial charge in [-0.25, -0.2) is 8.78 Å². The monoisotopic (exact) mass is 502 g/mol. The van der Waals surface area contributed by atoms with Crippen LogP contribution in [0.3, 0.4) is 0 Å². The third-order valence-corrected chi connectivity index (χ3v) is 6.52. The van der Waals surface area contributed by atoms with E-state index in [0.717, 1.165) is 50.3 Å². The minimum Gasteiger partial charge on any atom is -0.494 e. The highest BCUT2D eigenvalue weighted by atomic mass is 19.1. The third kappa shape index (κ3) is 5.90. The Morgan fingerprint density at radius 2 is 1.05 bits per heavy atom. The lowest BCUT2D eigenvalue weighted by Gasteiger charge is -2.19. The highest BCUT2D eigenvalue weighted by Crippen LogP contribution is 2.36. The number of allylic oxidation sites excluding steroid dienone is 1. The maximum absolute atomic E-state index is 13.9. The summed E-state index contributed by atoms with van der Waals surface area (Å²) in [7, 11) is 0. The fourth-order valence-electron chi connectivity index (χ4n) is 4.65. The molecular weight excluding hydrogens is 474 g/mol. The fraction of sp³-hybridized carbons (Fsp3) is 0.0857. The van der Waals surface area contributed by atoms with Crippen LogP contribution in [-0.4, -0.2) is 6.61 Å². The average Bonchev–Trinajstić information content (AvgIpc) is 2.96. The van der Waals surface area contributed by atoms with E-state index in [1.807, 2.05) is 73.7 Å². The molecule has 0 radical (unpaired) electrons. The summed E-state index contributed by atoms with van der Waals surface area (Å²) in [6, 6.07) is 39.9. The van der Waals surface area contributed by atoms with Crippen molar-refractivity contribution in [3.05, 3.63) is 161 Å². The molecule has 1 nitrogen and oxygen atoms in total. The van der Waals surface area contributed by atoms with Crippen molar-refractivity contribution in [1.82, 2.24) is 0 Å². The maximum Gasteiger partial charge on any atom is 0.123 e. The first-order chi connectivity index (χ1) is 18.6. The summed E-state index contributed by atoms with van der Waals surface area (Å²) in [5, 5.41) is 0. The molecule has 0 atom stereocenters. The van der Waals surface area contributed by atoms with Crippen LogP contribution in [0.5, 0.6) is 5.75 Å². The predicted molar refractivity (Wildman–Crippen MR) is 152 cm³/mol. The molecule has 0 saturated heterocycles. The van der Waals surface area contributed by atoms with Gasteiger partial charge >= 0.3 is 0 Å². The summed E-state index contributed by atoms with van der Waals surface area (Å²) in [5.41, 5.74) is 8.25. The Bertz CT molecular complexity index is 1500. The Balaban J connectivity index is 1.69. The van der Waals surface area contributed by atoms with E-state index in [0.29, 0.717) is 13.0 Å². The van der Waals surface area contributed by atoms with Gasteiger partial charge in [-0.15, -0.1) is 0 Å². The van der Waals surface area contributed by atoms with Gasteiger partial charge < -0.3 is 4.74 Å². The van der Waals surface area contributed by atoms with Crippen molar-refractivity contribution < 1.29 is 13.5 Å². The van der Waals surface area contributed by atoms with Crippen LogP contribution in [0.1, 0.15) is 29.2 Å². The minimum atomic E-state index is -0.285. The van der Waals surface area contributed by atoms with Gasteiger partial charge in [0.1, 0.15) is 17.4 Å². The highest BCUT2D eigenvalue weighted by molar-refractivity contribution is 5.99.